The van der Waals surface area contributed by atoms with Crippen LogP contribution in [0, 0.1) is 6.92 Å². The standard InChI is InChI=1S/C15H21N3O3S/c1-5-12-11(9(3)21-18-12)7-16-14(19)13-8-17-15(22-13)10(4)20-6-2/h8,10H,5-7H2,1-4H3,(H,16,19). The second kappa shape index (κ2) is 7.51. The van der Waals surface area contributed by atoms with Gasteiger partial charge in [0, 0.05) is 18.7 Å². The Bertz CT molecular complexity index is 636. The lowest BCUT2D eigenvalue weighted by Gasteiger charge is -2.06. The van der Waals surface area contributed by atoms with Crippen LogP contribution >= 0.6 is 11.3 Å². The molecule has 2 heterocycles. The van der Waals surface area contributed by atoms with Gasteiger partial charge in [0.25, 0.3) is 5.91 Å². The first-order valence-electron chi connectivity index (χ1n) is 7.36. The molecular weight excluding hydrogens is 302 g/mol. The molecule has 0 aliphatic heterocycles. The van der Waals surface area contributed by atoms with E-state index in [9.17, 15) is 4.79 Å². The average molecular weight is 323 g/mol. The molecule has 0 radical (unpaired) electrons. The molecule has 6 nitrogen and oxygen atoms in total. The van der Waals surface area contributed by atoms with Gasteiger partial charge in [-0.2, -0.15) is 0 Å². The number of carbonyl (C=O) groups excluding carboxylic acids is 1. The van der Waals surface area contributed by atoms with Crippen molar-refractivity contribution in [3.63, 3.8) is 0 Å². The van der Waals surface area contributed by atoms with E-state index in [1.54, 1.807) is 6.20 Å². The molecule has 0 bridgehead atoms. The summed E-state index contributed by atoms with van der Waals surface area (Å²) in [7, 11) is 0. The van der Waals surface area contributed by atoms with Gasteiger partial charge >= 0.3 is 0 Å². The molecule has 120 valence electrons. The summed E-state index contributed by atoms with van der Waals surface area (Å²) in [4.78, 5) is 17.0. The second-order valence-corrected chi connectivity index (χ2v) is 5.92. The van der Waals surface area contributed by atoms with Crippen LogP contribution in [0.2, 0.25) is 0 Å². The summed E-state index contributed by atoms with van der Waals surface area (Å²) in [5.41, 5.74) is 1.83. The molecular formula is C15H21N3O3S. The molecule has 0 fully saturated rings. The van der Waals surface area contributed by atoms with Crippen molar-refractivity contribution in [1.82, 2.24) is 15.5 Å². The van der Waals surface area contributed by atoms with Crippen molar-refractivity contribution in [2.45, 2.75) is 46.8 Å². The van der Waals surface area contributed by atoms with Gasteiger partial charge in [0.05, 0.1) is 11.9 Å². The topological polar surface area (TPSA) is 77.2 Å². The van der Waals surface area contributed by atoms with Crippen molar-refractivity contribution in [2.24, 2.45) is 0 Å². The number of rotatable bonds is 7. The quantitative estimate of drug-likeness (QED) is 0.847. The van der Waals surface area contributed by atoms with Crippen LogP contribution in [-0.2, 0) is 17.7 Å². The lowest BCUT2D eigenvalue weighted by atomic mass is 10.1. The molecule has 0 aromatic carbocycles. The molecule has 22 heavy (non-hydrogen) atoms. The van der Waals surface area contributed by atoms with Gasteiger partial charge in [-0.1, -0.05) is 12.1 Å². The van der Waals surface area contributed by atoms with Crippen molar-refractivity contribution in [3.05, 3.63) is 33.1 Å². The van der Waals surface area contributed by atoms with Crippen molar-refractivity contribution < 1.29 is 14.1 Å². The summed E-state index contributed by atoms with van der Waals surface area (Å²) in [5, 5.41) is 7.68. The van der Waals surface area contributed by atoms with E-state index in [1.807, 2.05) is 27.7 Å². The molecule has 1 atom stereocenters. The Morgan fingerprint density at radius 3 is 2.95 bits per heavy atom. The highest BCUT2D eigenvalue weighted by atomic mass is 32.1. The lowest BCUT2D eigenvalue weighted by Crippen LogP contribution is -2.22. The van der Waals surface area contributed by atoms with Gasteiger partial charge < -0.3 is 14.6 Å². The minimum Gasteiger partial charge on any atom is -0.372 e. The number of hydrogen-bond donors (Lipinski definition) is 1. The van der Waals surface area contributed by atoms with E-state index in [1.165, 1.54) is 11.3 Å². The molecule has 2 rings (SSSR count). The van der Waals surface area contributed by atoms with Crippen LogP contribution in [0.1, 0.15) is 58.6 Å². The number of amides is 1. The van der Waals surface area contributed by atoms with Gasteiger partial charge in [-0.25, -0.2) is 4.98 Å². The molecule has 0 saturated heterocycles. The Morgan fingerprint density at radius 2 is 2.27 bits per heavy atom. The van der Waals surface area contributed by atoms with Crippen LogP contribution in [-0.4, -0.2) is 22.7 Å². The second-order valence-electron chi connectivity index (χ2n) is 4.86. The number of nitrogens with one attached hydrogen (secondary N) is 1. The number of aromatic nitrogens is 2. The summed E-state index contributed by atoms with van der Waals surface area (Å²) in [6.45, 7) is 8.75. The molecule has 0 spiro atoms. The molecule has 7 heteroatoms. The maximum absolute atomic E-state index is 12.2. The first-order valence-corrected chi connectivity index (χ1v) is 8.17. The third-order valence-electron chi connectivity index (χ3n) is 3.34. The van der Waals surface area contributed by atoms with E-state index in [0.717, 1.165) is 28.4 Å². The van der Waals surface area contributed by atoms with Crippen molar-refractivity contribution in [1.29, 1.82) is 0 Å². The summed E-state index contributed by atoms with van der Waals surface area (Å²) in [6.07, 6.45) is 2.27. The van der Waals surface area contributed by atoms with Crippen LogP contribution in [0.4, 0.5) is 0 Å². The molecule has 0 aliphatic carbocycles. The molecule has 1 unspecified atom stereocenters. The average Bonchev–Trinajstić information content (AvgIpc) is 3.12. The van der Waals surface area contributed by atoms with E-state index in [-0.39, 0.29) is 12.0 Å². The van der Waals surface area contributed by atoms with Crippen molar-refractivity contribution >= 4 is 17.2 Å². The highest BCUT2D eigenvalue weighted by Crippen LogP contribution is 2.22. The zero-order valence-electron chi connectivity index (χ0n) is 13.3. The molecule has 0 saturated carbocycles. The summed E-state index contributed by atoms with van der Waals surface area (Å²) in [5.74, 6) is 0.599. The number of carbonyl (C=O) groups is 1. The van der Waals surface area contributed by atoms with Crippen LogP contribution in [0.5, 0.6) is 0 Å². The van der Waals surface area contributed by atoms with Crippen LogP contribution in [0.15, 0.2) is 10.7 Å². The third kappa shape index (κ3) is 3.72. The zero-order valence-corrected chi connectivity index (χ0v) is 14.1. The summed E-state index contributed by atoms with van der Waals surface area (Å²) in [6, 6.07) is 0. The third-order valence-corrected chi connectivity index (χ3v) is 4.50. The fraction of sp³-hybridized carbons (Fsp3) is 0.533. The normalized spacial score (nSPS) is 12.4. The van der Waals surface area contributed by atoms with E-state index in [0.29, 0.717) is 18.0 Å². The van der Waals surface area contributed by atoms with Gasteiger partial charge in [-0.15, -0.1) is 11.3 Å². The Morgan fingerprint density at radius 1 is 1.50 bits per heavy atom. The Kier molecular flexibility index (Phi) is 5.68. The van der Waals surface area contributed by atoms with E-state index in [4.69, 9.17) is 9.26 Å². The van der Waals surface area contributed by atoms with E-state index >= 15 is 0 Å². The number of hydrogen-bond acceptors (Lipinski definition) is 6. The minimum absolute atomic E-state index is 0.0939. The maximum atomic E-state index is 12.2. The number of ether oxygens (including phenoxy) is 1. The molecule has 2 aromatic rings. The number of aryl methyl sites for hydroxylation is 2. The fourth-order valence-electron chi connectivity index (χ4n) is 2.10. The van der Waals surface area contributed by atoms with Gasteiger partial charge in [-0.3, -0.25) is 4.79 Å². The smallest absolute Gasteiger partial charge is 0.263 e. The van der Waals surface area contributed by atoms with Gasteiger partial charge in [0.15, 0.2) is 0 Å². The predicted octanol–water partition coefficient (Wildman–Crippen LogP) is 3.03. The summed E-state index contributed by atoms with van der Waals surface area (Å²) >= 11 is 1.35. The summed E-state index contributed by atoms with van der Waals surface area (Å²) < 4.78 is 10.6. The van der Waals surface area contributed by atoms with Crippen LogP contribution in [0.25, 0.3) is 0 Å². The SMILES string of the molecule is CCOC(C)c1ncc(C(=O)NCc2c(CC)noc2C)s1. The predicted molar refractivity (Wildman–Crippen MR) is 83.9 cm³/mol. The highest BCUT2D eigenvalue weighted by Gasteiger charge is 2.16. The first-order chi connectivity index (χ1) is 10.6. The van der Waals surface area contributed by atoms with Crippen molar-refractivity contribution in [3.8, 4) is 0 Å². The Hall–Kier alpha value is -1.73. The first kappa shape index (κ1) is 16.6. The molecule has 1 amide bonds. The molecule has 2 aromatic heterocycles. The lowest BCUT2D eigenvalue weighted by molar-refractivity contribution is 0.0762. The molecule has 0 aliphatic rings. The Labute approximate surface area is 133 Å². The van der Waals surface area contributed by atoms with Gasteiger partial charge in [0.2, 0.25) is 0 Å². The maximum Gasteiger partial charge on any atom is 0.263 e. The minimum atomic E-state index is -0.143. The fourth-order valence-corrected chi connectivity index (χ4v) is 2.93. The highest BCUT2D eigenvalue weighted by molar-refractivity contribution is 7.13. The van der Waals surface area contributed by atoms with Gasteiger partial charge in [0.1, 0.15) is 21.7 Å². The monoisotopic (exact) mass is 323 g/mol. The number of thiazole rings is 1. The van der Waals surface area contributed by atoms with Crippen LogP contribution in [0.3, 0.4) is 0 Å². The zero-order chi connectivity index (χ0) is 16.1. The van der Waals surface area contributed by atoms with Crippen molar-refractivity contribution in [2.75, 3.05) is 6.61 Å². The Balaban J connectivity index is 1.99. The van der Waals surface area contributed by atoms with Gasteiger partial charge in [-0.05, 0) is 27.2 Å². The largest absolute Gasteiger partial charge is 0.372 e. The molecule has 1 N–H and O–H groups in total. The number of nitrogens with zero attached hydrogens (tertiary/aromatic N) is 2. The van der Waals surface area contributed by atoms with E-state index in [2.05, 4.69) is 15.5 Å². The van der Waals surface area contributed by atoms with Crippen LogP contribution < -0.4 is 5.32 Å². The van der Waals surface area contributed by atoms with E-state index < -0.39 is 0 Å².